The number of aliphatic hydroxyl groups excluding tert-OH is 2. The highest BCUT2D eigenvalue weighted by molar-refractivity contribution is 5.76. The number of ether oxygens (including phenoxy) is 1. The first-order chi connectivity index (χ1) is 35.0. The Bertz CT molecular complexity index is 1150. The second kappa shape index (κ2) is 60.6. The van der Waals surface area contributed by atoms with E-state index in [0.717, 1.165) is 64.2 Å². The molecule has 0 aromatic carbocycles. The molecular formula is C65H123NO5. The number of hydrogen-bond donors (Lipinski definition) is 3. The maximum atomic E-state index is 12.5. The van der Waals surface area contributed by atoms with Crippen molar-refractivity contribution in [3.63, 3.8) is 0 Å². The molecule has 0 saturated heterocycles. The van der Waals surface area contributed by atoms with Gasteiger partial charge in [0.05, 0.1) is 25.4 Å². The van der Waals surface area contributed by atoms with E-state index < -0.39 is 12.1 Å². The minimum atomic E-state index is -0.855. The molecule has 6 heteroatoms. The average Bonchev–Trinajstić information content (AvgIpc) is 3.37. The number of aliphatic hydroxyl groups is 2. The zero-order valence-electron chi connectivity index (χ0n) is 47.7. The molecule has 0 bridgehead atoms. The summed E-state index contributed by atoms with van der Waals surface area (Å²) in [5.41, 5.74) is 0. The minimum absolute atomic E-state index is 0.00688. The monoisotopic (exact) mass is 998 g/mol. The molecule has 0 fully saturated rings. The van der Waals surface area contributed by atoms with Gasteiger partial charge < -0.3 is 20.3 Å². The second-order valence-corrected chi connectivity index (χ2v) is 21.7. The van der Waals surface area contributed by atoms with Crippen molar-refractivity contribution in [3.8, 4) is 0 Å². The first-order valence-electron chi connectivity index (χ1n) is 31.8. The lowest BCUT2D eigenvalue weighted by Gasteiger charge is -2.20. The maximum Gasteiger partial charge on any atom is 0.305 e. The fourth-order valence-corrected chi connectivity index (χ4v) is 9.74. The van der Waals surface area contributed by atoms with Crippen LogP contribution in [0.4, 0.5) is 0 Å². The molecule has 0 rings (SSSR count). The van der Waals surface area contributed by atoms with Crippen molar-refractivity contribution >= 4 is 11.9 Å². The van der Waals surface area contributed by atoms with Gasteiger partial charge in [-0.3, -0.25) is 9.59 Å². The summed E-state index contributed by atoms with van der Waals surface area (Å²) in [6.45, 7) is 4.89. The molecule has 6 nitrogen and oxygen atoms in total. The third-order valence-electron chi connectivity index (χ3n) is 14.6. The molecule has 71 heavy (non-hydrogen) atoms. The first-order valence-corrected chi connectivity index (χ1v) is 31.8. The highest BCUT2D eigenvalue weighted by Crippen LogP contribution is 2.17. The molecule has 0 aliphatic rings. The Kier molecular flexibility index (Phi) is 59.0. The average molecular weight is 999 g/mol. The molecular weight excluding hydrogens is 875 g/mol. The van der Waals surface area contributed by atoms with Crippen LogP contribution >= 0.6 is 0 Å². The molecule has 0 radical (unpaired) electrons. The van der Waals surface area contributed by atoms with Crippen LogP contribution in [-0.4, -0.2) is 47.4 Å². The number of esters is 1. The predicted molar refractivity (Wildman–Crippen MR) is 310 cm³/mol. The van der Waals surface area contributed by atoms with E-state index in [9.17, 15) is 19.8 Å². The summed E-state index contributed by atoms with van der Waals surface area (Å²) in [4.78, 5) is 24.5. The molecule has 418 valence electrons. The van der Waals surface area contributed by atoms with Crippen LogP contribution < -0.4 is 5.32 Å². The van der Waals surface area contributed by atoms with Crippen molar-refractivity contribution in [2.24, 2.45) is 0 Å². The van der Waals surface area contributed by atoms with Gasteiger partial charge in [-0.05, 0) is 83.5 Å². The number of carbonyl (C=O) groups is 2. The van der Waals surface area contributed by atoms with E-state index in [2.05, 4.69) is 43.5 Å². The Morgan fingerprint density at radius 3 is 1.01 bits per heavy atom. The summed E-state index contributed by atoms with van der Waals surface area (Å²) in [5.74, 6) is -0.0866. The SMILES string of the molecule is CCCCCC/C=C\CCCCCCCC(=O)OCCCCCCCCCCC/C=C\CCCCCCCC(=O)NC(CO)C(O)/C=C/CCCCCCCCCCCCCCCCCCCCCCC. The van der Waals surface area contributed by atoms with E-state index in [1.165, 1.54) is 250 Å². The lowest BCUT2D eigenvalue weighted by Crippen LogP contribution is -2.45. The first kappa shape index (κ1) is 69.1. The molecule has 3 N–H and O–H groups in total. The van der Waals surface area contributed by atoms with E-state index in [1.54, 1.807) is 6.08 Å². The topological polar surface area (TPSA) is 95.9 Å². The van der Waals surface area contributed by atoms with Crippen molar-refractivity contribution in [2.45, 2.75) is 353 Å². The number of hydrogen-bond acceptors (Lipinski definition) is 5. The van der Waals surface area contributed by atoms with Crippen LogP contribution in [0.1, 0.15) is 341 Å². The molecule has 0 heterocycles. The maximum absolute atomic E-state index is 12.5. The summed E-state index contributed by atoms with van der Waals surface area (Å²) in [5, 5.41) is 23.2. The molecule has 2 unspecified atom stereocenters. The molecule has 2 atom stereocenters. The van der Waals surface area contributed by atoms with Gasteiger partial charge >= 0.3 is 5.97 Å². The summed E-state index contributed by atoms with van der Waals surface area (Å²) in [7, 11) is 0. The zero-order valence-corrected chi connectivity index (χ0v) is 47.7. The number of unbranched alkanes of at least 4 members (excludes halogenated alkanes) is 44. The normalized spacial score (nSPS) is 12.8. The van der Waals surface area contributed by atoms with E-state index in [4.69, 9.17) is 4.74 Å². The Morgan fingerprint density at radius 2 is 0.662 bits per heavy atom. The van der Waals surface area contributed by atoms with Gasteiger partial charge in [0.2, 0.25) is 5.91 Å². The number of allylic oxidation sites excluding steroid dienone is 5. The zero-order chi connectivity index (χ0) is 51.4. The van der Waals surface area contributed by atoms with Gasteiger partial charge in [-0.15, -0.1) is 0 Å². The van der Waals surface area contributed by atoms with Gasteiger partial charge in [0, 0.05) is 12.8 Å². The van der Waals surface area contributed by atoms with Crippen LogP contribution in [0, 0.1) is 0 Å². The molecule has 0 aliphatic heterocycles. The smallest absolute Gasteiger partial charge is 0.305 e. The van der Waals surface area contributed by atoms with E-state index in [-0.39, 0.29) is 18.5 Å². The minimum Gasteiger partial charge on any atom is -0.466 e. The lowest BCUT2D eigenvalue weighted by molar-refractivity contribution is -0.143. The van der Waals surface area contributed by atoms with Crippen LogP contribution in [0.3, 0.4) is 0 Å². The molecule has 1 amide bonds. The van der Waals surface area contributed by atoms with Crippen LogP contribution in [0.25, 0.3) is 0 Å². The lowest BCUT2D eigenvalue weighted by atomic mass is 10.0. The number of rotatable bonds is 59. The van der Waals surface area contributed by atoms with Crippen molar-refractivity contribution in [1.29, 1.82) is 0 Å². The van der Waals surface area contributed by atoms with Crippen LogP contribution in [0.2, 0.25) is 0 Å². The fraction of sp³-hybridized carbons (Fsp3) is 0.877. The number of nitrogens with one attached hydrogen (secondary N) is 1. The second-order valence-electron chi connectivity index (χ2n) is 21.7. The standard InChI is InChI=1S/C65H123NO5/c1-3-5-7-9-11-13-15-17-18-19-20-21-22-23-24-27-30-34-37-41-45-49-53-57-63(68)62(61-67)66-64(69)58-54-50-46-42-38-35-31-28-25-26-29-32-36-40-44-48-52-56-60-71-65(70)59-55-51-47-43-39-33-16-14-12-10-8-6-4-2/h14,16,28,31,53,57,62-63,67-68H,3-13,15,17-27,29-30,32-52,54-56,58-61H2,1-2H3,(H,66,69)/b16-14-,31-28-,57-53+. The van der Waals surface area contributed by atoms with Crippen molar-refractivity contribution in [2.75, 3.05) is 13.2 Å². The van der Waals surface area contributed by atoms with Gasteiger partial charge in [0.25, 0.3) is 0 Å². The molecule has 0 aromatic heterocycles. The predicted octanol–water partition coefficient (Wildman–Crippen LogP) is 20.0. The Morgan fingerprint density at radius 1 is 0.380 bits per heavy atom. The van der Waals surface area contributed by atoms with Crippen molar-refractivity contribution in [1.82, 2.24) is 5.32 Å². The van der Waals surface area contributed by atoms with Gasteiger partial charge in [-0.1, -0.05) is 281 Å². The van der Waals surface area contributed by atoms with Crippen LogP contribution in [0.5, 0.6) is 0 Å². The van der Waals surface area contributed by atoms with Gasteiger partial charge in [0.1, 0.15) is 0 Å². The Balaban J connectivity index is 3.49. The highest BCUT2D eigenvalue weighted by atomic mass is 16.5. The highest BCUT2D eigenvalue weighted by Gasteiger charge is 2.18. The summed E-state index contributed by atoms with van der Waals surface area (Å²) >= 11 is 0. The van der Waals surface area contributed by atoms with Crippen molar-refractivity contribution in [3.05, 3.63) is 36.5 Å². The third-order valence-corrected chi connectivity index (χ3v) is 14.6. The van der Waals surface area contributed by atoms with E-state index in [1.807, 2.05) is 6.08 Å². The van der Waals surface area contributed by atoms with Crippen molar-refractivity contribution < 1.29 is 24.5 Å². The quantitative estimate of drug-likeness (QED) is 0.0321. The van der Waals surface area contributed by atoms with Crippen LogP contribution in [-0.2, 0) is 14.3 Å². The largest absolute Gasteiger partial charge is 0.466 e. The Labute approximate surface area is 443 Å². The van der Waals surface area contributed by atoms with Crippen LogP contribution in [0.15, 0.2) is 36.5 Å². The molecule has 0 spiro atoms. The van der Waals surface area contributed by atoms with E-state index in [0.29, 0.717) is 19.4 Å². The summed E-state index contributed by atoms with van der Waals surface area (Å²) in [6, 6.07) is -0.640. The number of carbonyl (C=O) groups excluding carboxylic acids is 2. The summed E-state index contributed by atoms with van der Waals surface area (Å²) < 4.78 is 5.46. The number of amides is 1. The third kappa shape index (κ3) is 57.2. The molecule has 0 saturated carbocycles. The fourth-order valence-electron chi connectivity index (χ4n) is 9.74. The summed E-state index contributed by atoms with van der Waals surface area (Å²) in [6.07, 6.45) is 76.1. The molecule has 0 aliphatic carbocycles. The van der Waals surface area contributed by atoms with E-state index >= 15 is 0 Å². The van der Waals surface area contributed by atoms with Gasteiger partial charge in [-0.25, -0.2) is 0 Å². The Hall–Kier alpha value is -1.92. The van der Waals surface area contributed by atoms with Gasteiger partial charge in [-0.2, -0.15) is 0 Å². The van der Waals surface area contributed by atoms with Gasteiger partial charge in [0.15, 0.2) is 0 Å². The molecule has 0 aromatic rings.